The first-order valence-corrected chi connectivity index (χ1v) is 9.60. The molecule has 0 aliphatic heterocycles. The summed E-state index contributed by atoms with van der Waals surface area (Å²) in [5, 5.41) is 13.5. The predicted molar refractivity (Wildman–Crippen MR) is 105 cm³/mol. The van der Waals surface area contributed by atoms with Crippen LogP contribution in [0.1, 0.15) is 12.7 Å². The number of para-hydroxylation sites is 1. The monoisotopic (exact) mass is 381 g/mol. The molecule has 0 bridgehead atoms. The lowest BCUT2D eigenvalue weighted by atomic mass is 10.1. The van der Waals surface area contributed by atoms with Crippen molar-refractivity contribution in [1.82, 2.24) is 25.1 Å². The van der Waals surface area contributed by atoms with Crippen LogP contribution in [0.2, 0.25) is 0 Å². The van der Waals surface area contributed by atoms with Gasteiger partial charge in [-0.05, 0) is 18.2 Å². The van der Waals surface area contributed by atoms with Crippen molar-refractivity contribution >= 4 is 28.6 Å². The first-order valence-electron chi connectivity index (χ1n) is 8.61. The number of furan rings is 1. The number of fused-ring (bicyclic) bond motifs is 1. The second-order valence-electron chi connectivity index (χ2n) is 6.05. The second kappa shape index (κ2) is 7.71. The van der Waals surface area contributed by atoms with Gasteiger partial charge in [0.05, 0.1) is 12.8 Å². The van der Waals surface area contributed by atoms with Gasteiger partial charge in [0.15, 0.2) is 11.0 Å². The Morgan fingerprint density at radius 2 is 2.15 bits per heavy atom. The summed E-state index contributed by atoms with van der Waals surface area (Å²) in [5.74, 6) is 2.29. The molecule has 1 amide bonds. The van der Waals surface area contributed by atoms with E-state index in [1.54, 1.807) is 18.0 Å². The van der Waals surface area contributed by atoms with E-state index in [4.69, 9.17) is 4.42 Å². The minimum absolute atomic E-state index is 0.0351. The molecule has 3 aromatic heterocycles. The summed E-state index contributed by atoms with van der Waals surface area (Å²) in [6.07, 6.45) is 3.62. The summed E-state index contributed by atoms with van der Waals surface area (Å²) in [4.78, 5) is 14.3. The van der Waals surface area contributed by atoms with Crippen molar-refractivity contribution in [2.45, 2.75) is 18.6 Å². The number of aromatic nitrogens is 4. The van der Waals surface area contributed by atoms with Crippen LogP contribution in [-0.4, -0.2) is 38.0 Å². The molecule has 0 unspecified atom stereocenters. The van der Waals surface area contributed by atoms with Crippen LogP contribution in [0.3, 0.4) is 0 Å². The third kappa shape index (κ3) is 3.75. The lowest BCUT2D eigenvalue weighted by Gasteiger charge is -2.08. The van der Waals surface area contributed by atoms with Gasteiger partial charge in [-0.15, -0.1) is 10.2 Å². The van der Waals surface area contributed by atoms with Gasteiger partial charge in [-0.3, -0.25) is 9.36 Å². The van der Waals surface area contributed by atoms with Crippen LogP contribution >= 0.6 is 11.8 Å². The molecule has 3 heterocycles. The van der Waals surface area contributed by atoms with Gasteiger partial charge in [0.25, 0.3) is 0 Å². The van der Waals surface area contributed by atoms with Gasteiger partial charge in [0, 0.05) is 41.9 Å². The highest BCUT2D eigenvalue weighted by molar-refractivity contribution is 7.99. The van der Waals surface area contributed by atoms with E-state index in [2.05, 4.69) is 26.6 Å². The number of nitrogens with one attached hydrogen (secondary N) is 2. The Bertz CT molecular complexity index is 1050. The number of amides is 1. The normalized spacial score (nSPS) is 11.1. The number of thioether (sulfide) groups is 1. The summed E-state index contributed by atoms with van der Waals surface area (Å²) in [6.45, 7) is 2.63. The standard InChI is InChI=1S/C19H19N5O2S/c1-13(25)20-8-10-27-19-23-22-18(24(19)12-14-5-4-9-26-14)16-11-21-17-7-3-2-6-15(16)17/h2-7,9,11,21H,8,10,12H2,1H3,(H,20,25). The number of carbonyl (C=O) groups excluding carboxylic acids is 1. The third-order valence-electron chi connectivity index (χ3n) is 4.15. The number of benzene rings is 1. The number of H-pyrrole nitrogens is 1. The molecule has 0 atom stereocenters. The molecule has 0 radical (unpaired) electrons. The Hall–Kier alpha value is -3.00. The smallest absolute Gasteiger partial charge is 0.216 e. The maximum absolute atomic E-state index is 11.0. The molecule has 138 valence electrons. The van der Waals surface area contributed by atoms with E-state index < -0.39 is 0 Å². The van der Waals surface area contributed by atoms with Gasteiger partial charge in [-0.2, -0.15) is 0 Å². The molecule has 4 aromatic rings. The average molecular weight is 381 g/mol. The third-order valence-corrected chi connectivity index (χ3v) is 5.12. The molecule has 0 saturated carbocycles. The van der Waals surface area contributed by atoms with Gasteiger partial charge in [0.2, 0.25) is 5.91 Å². The summed E-state index contributed by atoms with van der Waals surface area (Å²) >= 11 is 1.56. The fourth-order valence-corrected chi connectivity index (χ4v) is 3.71. The largest absolute Gasteiger partial charge is 0.467 e. The molecular formula is C19H19N5O2S. The number of rotatable bonds is 7. The molecule has 0 aliphatic carbocycles. The predicted octanol–water partition coefficient (Wildman–Crippen LogP) is 3.30. The zero-order valence-electron chi connectivity index (χ0n) is 14.8. The summed E-state index contributed by atoms with van der Waals surface area (Å²) in [5.41, 5.74) is 2.05. The van der Waals surface area contributed by atoms with Gasteiger partial charge in [-0.1, -0.05) is 30.0 Å². The lowest BCUT2D eigenvalue weighted by molar-refractivity contribution is -0.118. The SMILES string of the molecule is CC(=O)NCCSc1nnc(-c2c[nH]c3ccccc23)n1Cc1ccco1. The highest BCUT2D eigenvalue weighted by atomic mass is 32.2. The highest BCUT2D eigenvalue weighted by Gasteiger charge is 2.18. The first kappa shape index (κ1) is 17.4. The molecule has 2 N–H and O–H groups in total. The van der Waals surface area contributed by atoms with Crippen LogP contribution in [-0.2, 0) is 11.3 Å². The number of nitrogens with zero attached hydrogens (tertiary/aromatic N) is 3. The van der Waals surface area contributed by atoms with Crippen molar-refractivity contribution < 1.29 is 9.21 Å². The highest BCUT2D eigenvalue weighted by Crippen LogP contribution is 2.30. The molecule has 8 heteroatoms. The van der Waals surface area contributed by atoms with Crippen molar-refractivity contribution in [2.75, 3.05) is 12.3 Å². The Balaban J connectivity index is 1.67. The van der Waals surface area contributed by atoms with Gasteiger partial charge < -0.3 is 14.7 Å². The quantitative estimate of drug-likeness (QED) is 0.379. The lowest BCUT2D eigenvalue weighted by Crippen LogP contribution is -2.22. The molecule has 1 aromatic carbocycles. The zero-order chi connectivity index (χ0) is 18.6. The molecule has 0 saturated heterocycles. The summed E-state index contributed by atoms with van der Waals surface area (Å²) in [6, 6.07) is 11.9. The van der Waals surface area contributed by atoms with E-state index in [-0.39, 0.29) is 5.91 Å². The minimum atomic E-state index is -0.0351. The molecule has 7 nitrogen and oxygen atoms in total. The molecule has 4 rings (SSSR count). The van der Waals surface area contributed by atoms with Crippen LogP contribution in [0.15, 0.2) is 58.4 Å². The number of hydrogen-bond donors (Lipinski definition) is 2. The summed E-state index contributed by atoms with van der Waals surface area (Å²) in [7, 11) is 0. The fraction of sp³-hybridized carbons (Fsp3) is 0.211. The molecule has 0 aliphatic rings. The van der Waals surface area contributed by atoms with Crippen LogP contribution in [0, 0.1) is 0 Å². The molecule has 0 spiro atoms. The average Bonchev–Trinajstić information content (AvgIpc) is 3.39. The fourth-order valence-electron chi connectivity index (χ4n) is 2.92. The van der Waals surface area contributed by atoms with E-state index >= 15 is 0 Å². The van der Waals surface area contributed by atoms with E-state index in [0.717, 1.165) is 33.2 Å². The Kier molecular flexibility index (Phi) is 4.97. The number of aromatic amines is 1. The van der Waals surface area contributed by atoms with E-state index in [1.807, 2.05) is 41.1 Å². The minimum Gasteiger partial charge on any atom is -0.467 e. The van der Waals surface area contributed by atoms with Crippen LogP contribution in [0.5, 0.6) is 0 Å². The van der Waals surface area contributed by atoms with Crippen LogP contribution in [0.25, 0.3) is 22.3 Å². The van der Waals surface area contributed by atoms with Gasteiger partial charge in [0.1, 0.15) is 5.76 Å². The van der Waals surface area contributed by atoms with Gasteiger partial charge in [-0.25, -0.2) is 0 Å². The second-order valence-corrected chi connectivity index (χ2v) is 7.11. The van der Waals surface area contributed by atoms with Crippen LogP contribution in [0.4, 0.5) is 0 Å². The maximum Gasteiger partial charge on any atom is 0.216 e. The number of carbonyl (C=O) groups is 1. The van der Waals surface area contributed by atoms with Crippen LogP contribution < -0.4 is 5.32 Å². The maximum atomic E-state index is 11.0. The Morgan fingerprint density at radius 3 is 2.96 bits per heavy atom. The first-order chi connectivity index (χ1) is 13.2. The van der Waals surface area contributed by atoms with E-state index in [1.165, 1.54) is 6.92 Å². The van der Waals surface area contributed by atoms with Crippen molar-refractivity contribution in [1.29, 1.82) is 0 Å². The van der Waals surface area contributed by atoms with E-state index in [9.17, 15) is 4.79 Å². The van der Waals surface area contributed by atoms with Crippen molar-refractivity contribution in [3.8, 4) is 11.4 Å². The molecular weight excluding hydrogens is 362 g/mol. The number of hydrogen-bond acceptors (Lipinski definition) is 5. The Morgan fingerprint density at radius 1 is 1.26 bits per heavy atom. The summed E-state index contributed by atoms with van der Waals surface area (Å²) < 4.78 is 7.58. The Labute approximate surface area is 160 Å². The van der Waals surface area contributed by atoms with E-state index in [0.29, 0.717) is 18.8 Å². The molecule has 27 heavy (non-hydrogen) atoms. The topological polar surface area (TPSA) is 88.7 Å². The van der Waals surface area contributed by atoms with Gasteiger partial charge >= 0.3 is 0 Å². The van der Waals surface area contributed by atoms with Crippen molar-refractivity contribution in [2.24, 2.45) is 0 Å². The molecule has 0 fully saturated rings. The van der Waals surface area contributed by atoms with Crippen molar-refractivity contribution in [3.63, 3.8) is 0 Å². The zero-order valence-corrected chi connectivity index (χ0v) is 15.6. The van der Waals surface area contributed by atoms with Crippen molar-refractivity contribution in [3.05, 3.63) is 54.6 Å².